The third kappa shape index (κ3) is 3.45. The van der Waals surface area contributed by atoms with E-state index >= 15 is 0 Å². The lowest BCUT2D eigenvalue weighted by atomic mass is 10.1. The van der Waals surface area contributed by atoms with Crippen molar-refractivity contribution in [1.29, 1.82) is 0 Å². The van der Waals surface area contributed by atoms with E-state index in [2.05, 4.69) is 10.6 Å². The third-order valence-electron chi connectivity index (χ3n) is 2.49. The molecular weight excluding hydrogens is 254 g/mol. The molecule has 0 aromatic heterocycles. The largest absolute Gasteiger partial charge is 0.355 e. The minimum atomic E-state index is -0.593. The zero-order valence-electron chi connectivity index (χ0n) is 10.3. The predicted octanol–water partition coefficient (Wildman–Crippen LogP) is 1.38. The molecule has 1 aromatic carbocycles. The molecular formula is C12H16ClN3O2. The number of rotatable bonds is 4. The minimum absolute atomic E-state index is 0.248. The Morgan fingerprint density at radius 2 is 2.11 bits per heavy atom. The highest BCUT2D eigenvalue weighted by molar-refractivity contribution is 6.34. The normalized spacial score (nSPS) is 11.8. The molecule has 0 aliphatic carbocycles. The Morgan fingerprint density at radius 3 is 2.67 bits per heavy atom. The number of amides is 2. The first-order valence-corrected chi connectivity index (χ1v) is 5.95. The Balaban J connectivity index is 2.94. The first kappa shape index (κ1) is 14.5. The Bertz CT molecular complexity index is 463. The fourth-order valence-electron chi connectivity index (χ4n) is 1.32. The van der Waals surface area contributed by atoms with Crippen LogP contribution in [0.5, 0.6) is 0 Å². The maximum Gasteiger partial charge on any atom is 0.251 e. The summed E-state index contributed by atoms with van der Waals surface area (Å²) < 4.78 is 0. The Kier molecular flexibility index (Phi) is 5.12. The van der Waals surface area contributed by atoms with Crippen LogP contribution in [0.15, 0.2) is 18.2 Å². The molecule has 1 rings (SSSR count). The summed E-state index contributed by atoms with van der Waals surface area (Å²) in [5.41, 5.74) is 6.40. The highest BCUT2D eigenvalue weighted by Crippen LogP contribution is 2.23. The molecule has 1 aromatic rings. The van der Waals surface area contributed by atoms with Crippen LogP contribution < -0.4 is 16.4 Å². The van der Waals surface area contributed by atoms with Gasteiger partial charge in [-0.2, -0.15) is 0 Å². The second-order valence-corrected chi connectivity index (χ2v) is 4.18. The number of nitrogens with one attached hydrogen (secondary N) is 2. The van der Waals surface area contributed by atoms with E-state index in [4.69, 9.17) is 17.3 Å². The van der Waals surface area contributed by atoms with Crippen LogP contribution in [-0.2, 0) is 4.79 Å². The summed E-state index contributed by atoms with van der Waals surface area (Å²) in [5.74, 6) is -0.574. The van der Waals surface area contributed by atoms with Crippen molar-refractivity contribution in [3.8, 4) is 0 Å². The predicted molar refractivity (Wildman–Crippen MR) is 71.7 cm³/mol. The Hall–Kier alpha value is -1.59. The lowest BCUT2D eigenvalue weighted by Gasteiger charge is -2.12. The van der Waals surface area contributed by atoms with Gasteiger partial charge >= 0.3 is 0 Å². The first-order valence-electron chi connectivity index (χ1n) is 5.57. The Labute approximate surface area is 111 Å². The van der Waals surface area contributed by atoms with Crippen molar-refractivity contribution in [3.05, 3.63) is 28.8 Å². The topological polar surface area (TPSA) is 84.2 Å². The first-order chi connectivity index (χ1) is 8.49. The average Bonchev–Trinajstić information content (AvgIpc) is 2.39. The number of carbonyl (C=O) groups is 2. The number of hydrogen-bond donors (Lipinski definition) is 3. The summed E-state index contributed by atoms with van der Waals surface area (Å²) >= 11 is 5.95. The quantitative estimate of drug-likeness (QED) is 0.772. The molecule has 0 radical (unpaired) electrons. The van der Waals surface area contributed by atoms with Crippen molar-refractivity contribution in [2.75, 3.05) is 12.4 Å². The van der Waals surface area contributed by atoms with E-state index in [1.807, 2.05) is 6.92 Å². The number of benzene rings is 1. The summed E-state index contributed by atoms with van der Waals surface area (Å²) in [6.45, 7) is 1.81. The molecule has 6 heteroatoms. The van der Waals surface area contributed by atoms with Crippen molar-refractivity contribution in [2.24, 2.45) is 5.73 Å². The highest BCUT2D eigenvalue weighted by atomic mass is 35.5. The summed E-state index contributed by atoms with van der Waals surface area (Å²) in [5, 5.41) is 5.46. The molecule has 18 heavy (non-hydrogen) atoms. The summed E-state index contributed by atoms with van der Waals surface area (Å²) in [7, 11) is 1.53. The van der Waals surface area contributed by atoms with Gasteiger partial charge in [0.25, 0.3) is 5.91 Å². The molecule has 0 heterocycles. The zero-order valence-corrected chi connectivity index (χ0v) is 11.0. The maximum atomic E-state index is 11.7. The molecule has 4 N–H and O–H groups in total. The molecule has 0 saturated heterocycles. The fraction of sp³-hybridized carbons (Fsp3) is 0.333. The molecule has 0 bridgehead atoms. The van der Waals surface area contributed by atoms with Gasteiger partial charge in [0.05, 0.1) is 16.8 Å². The van der Waals surface area contributed by atoms with Crippen LogP contribution in [0, 0.1) is 0 Å². The number of hydrogen-bond acceptors (Lipinski definition) is 3. The summed E-state index contributed by atoms with van der Waals surface area (Å²) in [6, 6.07) is 4.06. The maximum absolute atomic E-state index is 11.7. The molecule has 0 saturated carbocycles. The molecule has 0 unspecified atom stereocenters. The lowest BCUT2D eigenvalue weighted by Crippen LogP contribution is -2.35. The van der Waals surface area contributed by atoms with Gasteiger partial charge in [0.2, 0.25) is 5.91 Å². The van der Waals surface area contributed by atoms with Crippen LogP contribution >= 0.6 is 11.6 Å². The molecule has 1 atom stereocenters. The SMILES string of the molecule is CC[C@H](N)C(=O)Nc1cc(C(=O)NC)ccc1Cl. The molecule has 0 aliphatic heterocycles. The van der Waals surface area contributed by atoms with E-state index in [0.717, 1.165) is 0 Å². The highest BCUT2D eigenvalue weighted by Gasteiger charge is 2.14. The number of anilines is 1. The van der Waals surface area contributed by atoms with Gasteiger partial charge in [0, 0.05) is 12.6 Å². The van der Waals surface area contributed by atoms with Crippen LogP contribution in [0.1, 0.15) is 23.7 Å². The van der Waals surface area contributed by atoms with Crippen LogP contribution in [-0.4, -0.2) is 24.9 Å². The van der Waals surface area contributed by atoms with E-state index in [0.29, 0.717) is 22.7 Å². The second-order valence-electron chi connectivity index (χ2n) is 3.78. The van der Waals surface area contributed by atoms with Crippen molar-refractivity contribution in [1.82, 2.24) is 5.32 Å². The van der Waals surface area contributed by atoms with Gasteiger partial charge in [-0.05, 0) is 24.6 Å². The van der Waals surface area contributed by atoms with Crippen LogP contribution in [0.3, 0.4) is 0 Å². The van der Waals surface area contributed by atoms with Crippen LogP contribution in [0.2, 0.25) is 5.02 Å². The molecule has 98 valence electrons. The number of nitrogens with two attached hydrogens (primary N) is 1. The second kappa shape index (κ2) is 6.37. The standard InChI is InChI=1S/C12H16ClN3O2/c1-3-9(14)12(18)16-10-6-7(11(17)15-2)4-5-8(10)13/h4-6,9H,3,14H2,1-2H3,(H,15,17)(H,16,18)/t9-/m0/s1. The molecule has 0 spiro atoms. The summed E-state index contributed by atoms with van der Waals surface area (Å²) in [6.07, 6.45) is 0.526. The fourth-order valence-corrected chi connectivity index (χ4v) is 1.48. The lowest BCUT2D eigenvalue weighted by molar-refractivity contribution is -0.117. The van der Waals surface area contributed by atoms with E-state index < -0.39 is 6.04 Å². The minimum Gasteiger partial charge on any atom is -0.355 e. The van der Waals surface area contributed by atoms with E-state index in [-0.39, 0.29) is 11.8 Å². The third-order valence-corrected chi connectivity index (χ3v) is 2.82. The molecule has 2 amide bonds. The van der Waals surface area contributed by atoms with Crippen LogP contribution in [0.4, 0.5) is 5.69 Å². The Morgan fingerprint density at radius 1 is 1.44 bits per heavy atom. The number of carbonyl (C=O) groups excluding carboxylic acids is 2. The molecule has 5 nitrogen and oxygen atoms in total. The average molecular weight is 270 g/mol. The van der Waals surface area contributed by atoms with Gasteiger partial charge < -0.3 is 16.4 Å². The van der Waals surface area contributed by atoms with E-state index in [1.165, 1.54) is 13.1 Å². The van der Waals surface area contributed by atoms with Crippen LogP contribution in [0.25, 0.3) is 0 Å². The van der Waals surface area contributed by atoms with Gasteiger partial charge in [-0.15, -0.1) is 0 Å². The monoisotopic (exact) mass is 269 g/mol. The molecule has 0 aliphatic rings. The van der Waals surface area contributed by atoms with Gasteiger partial charge in [-0.3, -0.25) is 9.59 Å². The van der Waals surface area contributed by atoms with Crippen molar-refractivity contribution in [3.63, 3.8) is 0 Å². The zero-order chi connectivity index (χ0) is 13.7. The smallest absolute Gasteiger partial charge is 0.251 e. The van der Waals surface area contributed by atoms with Crippen molar-refractivity contribution >= 4 is 29.1 Å². The van der Waals surface area contributed by atoms with E-state index in [9.17, 15) is 9.59 Å². The van der Waals surface area contributed by atoms with Crippen molar-refractivity contribution in [2.45, 2.75) is 19.4 Å². The number of halogens is 1. The van der Waals surface area contributed by atoms with E-state index in [1.54, 1.807) is 12.1 Å². The van der Waals surface area contributed by atoms with Gasteiger partial charge in [-0.25, -0.2) is 0 Å². The van der Waals surface area contributed by atoms with Gasteiger partial charge in [-0.1, -0.05) is 18.5 Å². The molecule has 0 fully saturated rings. The van der Waals surface area contributed by atoms with Gasteiger partial charge in [0.15, 0.2) is 0 Å². The summed E-state index contributed by atoms with van der Waals surface area (Å²) in [4.78, 5) is 23.1. The van der Waals surface area contributed by atoms with Gasteiger partial charge in [0.1, 0.15) is 0 Å². The van der Waals surface area contributed by atoms with Crippen molar-refractivity contribution < 1.29 is 9.59 Å².